The van der Waals surface area contributed by atoms with Crippen LogP contribution in [0.5, 0.6) is 0 Å². The van der Waals surface area contributed by atoms with E-state index in [9.17, 15) is 27.6 Å². The second kappa shape index (κ2) is 7.42. The van der Waals surface area contributed by atoms with Crippen molar-refractivity contribution in [1.82, 2.24) is 13.7 Å². The molecule has 0 saturated carbocycles. The van der Waals surface area contributed by atoms with Gasteiger partial charge in [-0.15, -0.1) is 13.2 Å². The monoisotopic (exact) mass is 367 g/mol. The molecule has 0 spiro atoms. The maximum Gasteiger partial charge on any atom is 0.416 e. The van der Waals surface area contributed by atoms with Gasteiger partial charge in [-0.05, 0) is 11.6 Å². The molecular formula is C17H16F3N3O3. The number of benzene rings is 1. The van der Waals surface area contributed by atoms with Crippen LogP contribution in [-0.4, -0.2) is 13.7 Å². The lowest BCUT2D eigenvalue weighted by molar-refractivity contribution is -0.138. The average Bonchev–Trinajstić information content (AvgIpc) is 2.59. The minimum atomic E-state index is -4.64. The van der Waals surface area contributed by atoms with Gasteiger partial charge in [-0.3, -0.25) is 0 Å². The fraction of sp³-hybridized carbons (Fsp3) is 0.235. The minimum absolute atomic E-state index is 0.185. The van der Waals surface area contributed by atoms with Crippen molar-refractivity contribution in [2.75, 3.05) is 0 Å². The van der Waals surface area contributed by atoms with E-state index >= 15 is 0 Å². The van der Waals surface area contributed by atoms with Crippen LogP contribution in [0, 0.1) is 0 Å². The molecular weight excluding hydrogens is 351 g/mol. The van der Waals surface area contributed by atoms with Crippen molar-refractivity contribution in [2.45, 2.75) is 25.8 Å². The first-order valence-corrected chi connectivity index (χ1v) is 7.53. The van der Waals surface area contributed by atoms with Crippen LogP contribution in [0.25, 0.3) is 0 Å². The molecule has 0 atom stereocenters. The molecule has 0 fully saturated rings. The van der Waals surface area contributed by atoms with Crippen molar-refractivity contribution in [3.8, 4) is 0 Å². The van der Waals surface area contributed by atoms with Crippen LogP contribution >= 0.6 is 0 Å². The van der Waals surface area contributed by atoms with Crippen molar-refractivity contribution in [2.24, 2.45) is 0 Å². The molecule has 1 aromatic heterocycles. The summed E-state index contributed by atoms with van der Waals surface area (Å²) < 4.78 is 41.5. The maximum atomic E-state index is 13.2. The van der Waals surface area contributed by atoms with Gasteiger partial charge in [0.2, 0.25) is 0 Å². The fourth-order valence-corrected chi connectivity index (χ4v) is 2.49. The third kappa shape index (κ3) is 3.61. The molecule has 0 N–H and O–H groups in total. The van der Waals surface area contributed by atoms with E-state index in [-0.39, 0.29) is 18.7 Å². The third-order valence-corrected chi connectivity index (χ3v) is 3.66. The van der Waals surface area contributed by atoms with Crippen molar-refractivity contribution >= 4 is 0 Å². The summed E-state index contributed by atoms with van der Waals surface area (Å²) in [6.07, 6.45) is -2.09. The smallest absolute Gasteiger partial charge is 0.247 e. The molecule has 138 valence electrons. The molecule has 0 bridgehead atoms. The van der Waals surface area contributed by atoms with Crippen LogP contribution in [0.3, 0.4) is 0 Å². The largest absolute Gasteiger partial charge is 0.416 e. The summed E-state index contributed by atoms with van der Waals surface area (Å²) in [7, 11) is 0. The number of rotatable bonds is 6. The number of hydrogen-bond donors (Lipinski definition) is 0. The van der Waals surface area contributed by atoms with E-state index in [0.29, 0.717) is 4.57 Å². The van der Waals surface area contributed by atoms with E-state index in [0.717, 1.165) is 15.2 Å². The summed E-state index contributed by atoms with van der Waals surface area (Å²) in [6, 6.07) is 4.62. The van der Waals surface area contributed by atoms with Crippen molar-refractivity contribution < 1.29 is 13.2 Å². The molecule has 0 aliphatic rings. The Bertz CT molecular complexity index is 965. The number of aromatic nitrogens is 3. The fourth-order valence-electron chi connectivity index (χ4n) is 2.49. The Morgan fingerprint density at radius 3 is 1.77 bits per heavy atom. The van der Waals surface area contributed by atoms with Crippen molar-refractivity contribution in [3.05, 3.63) is 92.2 Å². The van der Waals surface area contributed by atoms with Crippen LogP contribution < -0.4 is 17.1 Å². The molecule has 9 heteroatoms. The zero-order valence-electron chi connectivity index (χ0n) is 13.7. The Morgan fingerprint density at radius 2 is 1.31 bits per heavy atom. The SMILES string of the molecule is C=CCn1c(=O)n(CC=C)c(=O)n(Cc2ccccc2C(F)(F)F)c1=O. The second-order valence-corrected chi connectivity index (χ2v) is 5.39. The molecule has 1 aromatic carbocycles. The predicted molar refractivity (Wildman–Crippen MR) is 90.2 cm³/mol. The molecule has 0 unspecified atom stereocenters. The molecule has 2 rings (SSSR count). The van der Waals surface area contributed by atoms with Crippen LogP contribution in [0.1, 0.15) is 11.1 Å². The zero-order valence-corrected chi connectivity index (χ0v) is 13.7. The number of allylic oxidation sites excluding steroid dienone is 2. The van der Waals surface area contributed by atoms with E-state index in [2.05, 4.69) is 13.2 Å². The van der Waals surface area contributed by atoms with E-state index < -0.39 is 35.4 Å². The lowest BCUT2D eigenvalue weighted by Crippen LogP contribution is -2.54. The quantitative estimate of drug-likeness (QED) is 0.729. The lowest BCUT2D eigenvalue weighted by atomic mass is 10.1. The Labute approximate surface area is 145 Å². The first kappa shape index (κ1) is 19.2. The van der Waals surface area contributed by atoms with E-state index in [1.807, 2.05) is 0 Å². The molecule has 0 saturated heterocycles. The third-order valence-electron chi connectivity index (χ3n) is 3.66. The first-order chi connectivity index (χ1) is 12.2. The number of hydrogen-bond acceptors (Lipinski definition) is 3. The molecule has 0 aliphatic heterocycles. The molecule has 6 nitrogen and oxygen atoms in total. The van der Waals surface area contributed by atoms with Crippen LogP contribution in [-0.2, 0) is 25.8 Å². The molecule has 0 radical (unpaired) electrons. The highest BCUT2D eigenvalue weighted by molar-refractivity contribution is 5.29. The van der Waals surface area contributed by atoms with Gasteiger partial charge in [0, 0.05) is 0 Å². The van der Waals surface area contributed by atoms with E-state index in [1.54, 1.807) is 0 Å². The average molecular weight is 367 g/mol. The van der Waals surface area contributed by atoms with Gasteiger partial charge in [0.1, 0.15) is 0 Å². The summed E-state index contributed by atoms with van der Waals surface area (Å²) in [5, 5.41) is 0. The van der Waals surface area contributed by atoms with Crippen molar-refractivity contribution in [1.29, 1.82) is 0 Å². The lowest BCUT2D eigenvalue weighted by Gasteiger charge is -2.15. The van der Waals surface area contributed by atoms with Gasteiger partial charge < -0.3 is 0 Å². The minimum Gasteiger partial charge on any atom is -0.247 e. The van der Waals surface area contributed by atoms with Crippen LogP contribution in [0.15, 0.2) is 64.0 Å². The Kier molecular flexibility index (Phi) is 5.49. The number of nitrogens with zero attached hydrogens (tertiary/aromatic N) is 3. The van der Waals surface area contributed by atoms with Gasteiger partial charge in [0.05, 0.1) is 25.2 Å². The second-order valence-electron chi connectivity index (χ2n) is 5.39. The standard InChI is InChI=1S/C17H16F3N3O3/c1-3-9-21-14(24)22(10-4-2)16(26)23(15(21)25)11-12-7-5-6-8-13(12)17(18,19)20/h3-8H,1-2,9-11H2. The molecule has 26 heavy (non-hydrogen) atoms. The van der Waals surface area contributed by atoms with Crippen LogP contribution in [0.4, 0.5) is 13.2 Å². The highest BCUT2D eigenvalue weighted by atomic mass is 19.4. The van der Waals surface area contributed by atoms with Gasteiger partial charge >= 0.3 is 23.2 Å². The normalized spacial score (nSPS) is 11.3. The number of halogens is 3. The maximum absolute atomic E-state index is 13.2. The topological polar surface area (TPSA) is 66.0 Å². The highest BCUT2D eigenvalue weighted by Crippen LogP contribution is 2.31. The Balaban J connectivity index is 2.74. The predicted octanol–water partition coefficient (Wildman–Crippen LogP) is 1.61. The van der Waals surface area contributed by atoms with Gasteiger partial charge in [-0.25, -0.2) is 28.1 Å². The zero-order chi connectivity index (χ0) is 19.5. The molecule has 0 amide bonds. The van der Waals surface area contributed by atoms with Gasteiger partial charge in [-0.1, -0.05) is 30.4 Å². The summed E-state index contributed by atoms with van der Waals surface area (Å²) in [4.78, 5) is 37.2. The Hall–Kier alpha value is -3.10. The summed E-state index contributed by atoms with van der Waals surface area (Å²) >= 11 is 0. The van der Waals surface area contributed by atoms with Gasteiger partial charge in [0.15, 0.2) is 0 Å². The van der Waals surface area contributed by atoms with E-state index in [1.165, 1.54) is 30.4 Å². The summed E-state index contributed by atoms with van der Waals surface area (Å²) in [6.45, 7) is 5.87. The van der Waals surface area contributed by atoms with Crippen molar-refractivity contribution in [3.63, 3.8) is 0 Å². The first-order valence-electron chi connectivity index (χ1n) is 7.53. The van der Waals surface area contributed by atoms with Crippen LogP contribution in [0.2, 0.25) is 0 Å². The molecule has 0 aliphatic carbocycles. The van der Waals surface area contributed by atoms with Gasteiger partial charge in [-0.2, -0.15) is 13.2 Å². The highest BCUT2D eigenvalue weighted by Gasteiger charge is 2.33. The number of alkyl halides is 3. The summed E-state index contributed by atoms with van der Waals surface area (Å²) in [5.74, 6) is 0. The Morgan fingerprint density at radius 1 is 0.846 bits per heavy atom. The molecule has 2 aromatic rings. The summed E-state index contributed by atoms with van der Waals surface area (Å²) in [5.41, 5.74) is -4.09. The van der Waals surface area contributed by atoms with E-state index in [4.69, 9.17) is 0 Å². The molecule has 1 heterocycles. The van der Waals surface area contributed by atoms with Gasteiger partial charge in [0.25, 0.3) is 0 Å².